The van der Waals surface area contributed by atoms with Gasteiger partial charge in [-0.3, -0.25) is 0 Å². The molecular formula is C11H16N2. The van der Waals surface area contributed by atoms with E-state index in [-0.39, 0.29) is 0 Å². The van der Waals surface area contributed by atoms with Gasteiger partial charge in [-0.2, -0.15) is 0 Å². The molecule has 1 heterocycles. The molecule has 1 aliphatic heterocycles. The fraction of sp³-hybridized carbons (Fsp3) is 0.455. The van der Waals surface area contributed by atoms with Gasteiger partial charge in [0.25, 0.3) is 0 Å². The minimum Gasteiger partial charge on any atom is -0.384 e. The molecule has 2 heteroatoms. The second-order valence-corrected chi connectivity index (χ2v) is 3.69. The van der Waals surface area contributed by atoms with Gasteiger partial charge in [0.15, 0.2) is 0 Å². The molecule has 0 bridgehead atoms. The molecule has 0 saturated heterocycles. The van der Waals surface area contributed by atoms with E-state index in [1.54, 1.807) is 0 Å². The summed E-state index contributed by atoms with van der Waals surface area (Å²) in [5, 5.41) is 6.63. The van der Waals surface area contributed by atoms with Crippen LogP contribution in [0.5, 0.6) is 0 Å². The molecule has 0 radical (unpaired) electrons. The van der Waals surface area contributed by atoms with Crippen molar-refractivity contribution in [3.63, 3.8) is 0 Å². The zero-order chi connectivity index (χ0) is 9.26. The second-order valence-electron chi connectivity index (χ2n) is 3.69. The summed E-state index contributed by atoms with van der Waals surface area (Å²) in [5.74, 6) is 0.652. The summed E-state index contributed by atoms with van der Waals surface area (Å²) in [6, 6.07) is 6.49. The highest BCUT2D eigenvalue weighted by molar-refractivity contribution is 5.60. The first kappa shape index (κ1) is 8.57. The van der Waals surface area contributed by atoms with Crippen molar-refractivity contribution in [1.29, 1.82) is 0 Å². The predicted octanol–water partition coefficient (Wildman–Crippen LogP) is 1.94. The molecular weight excluding hydrogens is 160 g/mol. The number of hydrogen-bond donors (Lipinski definition) is 2. The van der Waals surface area contributed by atoms with Crippen molar-refractivity contribution in [3.05, 3.63) is 29.3 Å². The van der Waals surface area contributed by atoms with Crippen molar-refractivity contribution < 1.29 is 0 Å². The van der Waals surface area contributed by atoms with E-state index in [9.17, 15) is 0 Å². The molecule has 0 saturated carbocycles. The molecule has 2 rings (SSSR count). The van der Waals surface area contributed by atoms with Crippen molar-refractivity contribution in [3.8, 4) is 0 Å². The van der Waals surface area contributed by atoms with Crippen molar-refractivity contribution in [2.75, 3.05) is 18.9 Å². The summed E-state index contributed by atoms with van der Waals surface area (Å²) < 4.78 is 0. The smallest absolute Gasteiger partial charge is 0.0379 e. The van der Waals surface area contributed by atoms with Gasteiger partial charge in [0, 0.05) is 24.7 Å². The fourth-order valence-corrected chi connectivity index (χ4v) is 2.06. The van der Waals surface area contributed by atoms with Gasteiger partial charge in [0.05, 0.1) is 0 Å². The fourth-order valence-electron chi connectivity index (χ4n) is 2.06. The third-order valence-electron chi connectivity index (χ3n) is 2.66. The number of benzene rings is 1. The Balaban J connectivity index is 2.41. The first-order valence-electron chi connectivity index (χ1n) is 4.83. The van der Waals surface area contributed by atoms with Crippen LogP contribution in [0.3, 0.4) is 0 Å². The van der Waals surface area contributed by atoms with E-state index >= 15 is 0 Å². The summed E-state index contributed by atoms with van der Waals surface area (Å²) >= 11 is 0. The number of rotatable bonds is 2. The van der Waals surface area contributed by atoms with E-state index in [0.29, 0.717) is 5.92 Å². The predicted molar refractivity (Wildman–Crippen MR) is 56.1 cm³/mol. The van der Waals surface area contributed by atoms with Gasteiger partial charge in [0.2, 0.25) is 0 Å². The zero-order valence-corrected chi connectivity index (χ0v) is 8.22. The minimum absolute atomic E-state index is 0.652. The van der Waals surface area contributed by atoms with Crippen molar-refractivity contribution >= 4 is 5.69 Å². The largest absolute Gasteiger partial charge is 0.384 e. The van der Waals surface area contributed by atoms with Crippen LogP contribution in [0.25, 0.3) is 0 Å². The molecule has 0 aliphatic carbocycles. The van der Waals surface area contributed by atoms with E-state index in [1.165, 1.54) is 16.8 Å². The van der Waals surface area contributed by atoms with Crippen LogP contribution in [-0.2, 0) is 6.54 Å². The highest BCUT2D eigenvalue weighted by Crippen LogP contribution is 2.33. The van der Waals surface area contributed by atoms with E-state index in [4.69, 9.17) is 0 Å². The number of hydrogen-bond acceptors (Lipinski definition) is 2. The lowest BCUT2D eigenvalue weighted by Gasteiger charge is -2.09. The Hall–Kier alpha value is -1.02. The van der Waals surface area contributed by atoms with Gasteiger partial charge in [-0.05, 0) is 24.2 Å². The van der Waals surface area contributed by atoms with Gasteiger partial charge in [-0.15, -0.1) is 0 Å². The molecule has 2 N–H and O–H groups in total. The van der Waals surface area contributed by atoms with Gasteiger partial charge < -0.3 is 10.6 Å². The molecule has 1 aromatic carbocycles. The van der Waals surface area contributed by atoms with E-state index in [0.717, 1.165) is 13.1 Å². The molecule has 0 fully saturated rings. The number of anilines is 1. The quantitative estimate of drug-likeness (QED) is 0.719. The molecule has 1 atom stereocenters. The van der Waals surface area contributed by atoms with Gasteiger partial charge in [0.1, 0.15) is 0 Å². The van der Waals surface area contributed by atoms with E-state index in [2.05, 4.69) is 35.8 Å². The lowest BCUT2D eigenvalue weighted by molar-refractivity contribution is 0.779. The summed E-state index contributed by atoms with van der Waals surface area (Å²) in [4.78, 5) is 0. The van der Waals surface area contributed by atoms with E-state index in [1.807, 2.05) is 7.05 Å². The average Bonchev–Trinajstić information content (AvgIpc) is 2.50. The minimum atomic E-state index is 0.652. The molecule has 13 heavy (non-hydrogen) atoms. The first-order valence-corrected chi connectivity index (χ1v) is 4.83. The first-order chi connectivity index (χ1) is 6.33. The Labute approximate surface area is 79.4 Å². The maximum Gasteiger partial charge on any atom is 0.0379 e. The standard InChI is InChI=1S/C11H16N2/c1-8-6-13-10-5-3-4-9(7-12-2)11(8)10/h3-5,8,12-13H,6-7H2,1-2H3. The molecule has 2 nitrogen and oxygen atoms in total. The zero-order valence-electron chi connectivity index (χ0n) is 8.22. The van der Waals surface area contributed by atoms with Crippen molar-refractivity contribution in [2.45, 2.75) is 19.4 Å². The van der Waals surface area contributed by atoms with Crippen molar-refractivity contribution in [2.24, 2.45) is 0 Å². The lowest BCUT2D eigenvalue weighted by Crippen LogP contribution is -2.08. The monoisotopic (exact) mass is 176 g/mol. The van der Waals surface area contributed by atoms with E-state index < -0.39 is 0 Å². The highest BCUT2D eigenvalue weighted by atomic mass is 14.9. The Kier molecular flexibility index (Phi) is 2.23. The third-order valence-corrected chi connectivity index (χ3v) is 2.66. The Morgan fingerprint density at radius 2 is 2.38 bits per heavy atom. The number of nitrogens with one attached hydrogen (secondary N) is 2. The Bertz CT molecular complexity index is 307. The Morgan fingerprint density at radius 1 is 1.54 bits per heavy atom. The maximum atomic E-state index is 3.42. The van der Waals surface area contributed by atoms with Gasteiger partial charge in [-0.1, -0.05) is 19.1 Å². The topological polar surface area (TPSA) is 24.1 Å². The SMILES string of the molecule is CNCc1cccc2c1C(C)CN2. The van der Waals surface area contributed by atoms with Crippen LogP contribution in [-0.4, -0.2) is 13.6 Å². The maximum absolute atomic E-state index is 3.42. The third kappa shape index (κ3) is 1.42. The molecule has 1 aromatic rings. The van der Waals surface area contributed by atoms with Gasteiger partial charge in [-0.25, -0.2) is 0 Å². The summed E-state index contributed by atoms with van der Waals surface area (Å²) in [7, 11) is 1.99. The Morgan fingerprint density at radius 3 is 3.15 bits per heavy atom. The van der Waals surface area contributed by atoms with Crippen LogP contribution in [0.2, 0.25) is 0 Å². The molecule has 1 aliphatic rings. The second kappa shape index (κ2) is 3.38. The lowest BCUT2D eigenvalue weighted by atomic mass is 9.97. The molecule has 0 spiro atoms. The van der Waals surface area contributed by atoms with Crippen molar-refractivity contribution in [1.82, 2.24) is 5.32 Å². The molecule has 1 unspecified atom stereocenters. The van der Waals surface area contributed by atoms with Crippen LogP contribution in [0.15, 0.2) is 18.2 Å². The summed E-state index contributed by atoms with van der Waals surface area (Å²) in [6.07, 6.45) is 0. The van der Waals surface area contributed by atoms with Crippen LogP contribution in [0, 0.1) is 0 Å². The summed E-state index contributed by atoms with van der Waals surface area (Å²) in [6.45, 7) is 4.32. The average molecular weight is 176 g/mol. The number of fused-ring (bicyclic) bond motifs is 1. The van der Waals surface area contributed by atoms with Crippen LogP contribution in [0.1, 0.15) is 24.0 Å². The normalized spacial score (nSPS) is 19.7. The molecule has 0 amide bonds. The van der Waals surface area contributed by atoms with Gasteiger partial charge >= 0.3 is 0 Å². The summed E-state index contributed by atoms with van der Waals surface area (Å²) in [5.41, 5.74) is 4.24. The molecule has 0 aromatic heterocycles. The highest BCUT2D eigenvalue weighted by Gasteiger charge is 2.20. The van der Waals surface area contributed by atoms with Crippen LogP contribution < -0.4 is 10.6 Å². The molecule has 70 valence electrons. The van der Waals surface area contributed by atoms with Crippen LogP contribution >= 0.6 is 0 Å². The van der Waals surface area contributed by atoms with Crippen LogP contribution in [0.4, 0.5) is 5.69 Å².